The molecule has 1 aromatic heterocycles. The quantitative estimate of drug-likeness (QED) is 0.871. The lowest BCUT2D eigenvalue weighted by Gasteiger charge is -2.23. The van der Waals surface area contributed by atoms with E-state index in [-0.39, 0.29) is 18.8 Å². The first kappa shape index (κ1) is 16.0. The summed E-state index contributed by atoms with van der Waals surface area (Å²) in [7, 11) is 0. The SMILES string of the molecule is O=C(CCc1ccc2c(c1)OCO2)N(CC1CCCO1)c1cc[nH]n1. The zero-order valence-electron chi connectivity index (χ0n) is 13.9. The highest BCUT2D eigenvalue weighted by Crippen LogP contribution is 2.32. The minimum Gasteiger partial charge on any atom is -0.454 e. The van der Waals surface area contributed by atoms with Crippen LogP contribution < -0.4 is 14.4 Å². The molecule has 132 valence electrons. The second-order valence-corrected chi connectivity index (χ2v) is 6.26. The van der Waals surface area contributed by atoms with E-state index in [0.717, 1.165) is 36.5 Å². The Morgan fingerprint density at radius 3 is 3.00 bits per heavy atom. The van der Waals surface area contributed by atoms with Gasteiger partial charge in [0.05, 0.1) is 12.6 Å². The van der Waals surface area contributed by atoms with Crippen LogP contribution in [0, 0.1) is 0 Å². The lowest BCUT2D eigenvalue weighted by molar-refractivity contribution is -0.119. The van der Waals surface area contributed by atoms with Gasteiger partial charge in [-0.1, -0.05) is 6.07 Å². The van der Waals surface area contributed by atoms with Gasteiger partial charge < -0.3 is 14.2 Å². The first-order valence-corrected chi connectivity index (χ1v) is 8.60. The van der Waals surface area contributed by atoms with Crippen LogP contribution in [0.5, 0.6) is 11.5 Å². The van der Waals surface area contributed by atoms with Crippen LogP contribution in [0.3, 0.4) is 0 Å². The van der Waals surface area contributed by atoms with Gasteiger partial charge in [0.2, 0.25) is 12.7 Å². The van der Waals surface area contributed by atoms with Crippen molar-refractivity contribution >= 4 is 11.7 Å². The van der Waals surface area contributed by atoms with E-state index in [1.165, 1.54) is 0 Å². The maximum absolute atomic E-state index is 12.8. The van der Waals surface area contributed by atoms with E-state index in [0.29, 0.717) is 25.2 Å². The van der Waals surface area contributed by atoms with Crippen LogP contribution >= 0.6 is 0 Å². The van der Waals surface area contributed by atoms with Gasteiger partial charge in [-0.25, -0.2) is 0 Å². The predicted molar refractivity (Wildman–Crippen MR) is 90.8 cm³/mol. The van der Waals surface area contributed by atoms with Gasteiger partial charge >= 0.3 is 0 Å². The molecule has 0 bridgehead atoms. The number of hydrogen-bond donors (Lipinski definition) is 1. The smallest absolute Gasteiger partial charge is 0.231 e. The zero-order valence-corrected chi connectivity index (χ0v) is 13.9. The van der Waals surface area contributed by atoms with Crippen LogP contribution in [-0.2, 0) is 16.0 Å². The highest BCUT2D eigenvalue weighted by molar-refractivity contribution is 5.92. The van der Waals surface area contributed by atoms with Gasteiger partial charge in [0.1, 0.15) is 0 Å². The van der Waals surface area contributed by atoms with Crippen molar-refractivity contribution in [3.63, 3.8) is 0 Å². The third-order valence-electron chi connectivity index (χ3n) is 4.54. The number of benzene rings is 1. The number of H-pyrrole nitrogens is 1. The number of anilines is 1. The molecule has 1 saturated heterocycles. The average molecular weight is 343 g/mol. The van der Waals surface area contributed by atoms with E-state index < -0.39 is 0 Å². The fraction of sp³-hybridized carbons (Fsp3) is 0.444. The third-order valence-corrected chi connectivity index (χ3v) is 4.54. The second kappa shape index (κ2) is 7.14. The lowest BCUT2D eigenvalue weighted by atomic mass is 10.1. The highest BCUT2D eigenvalue weighted by Gasteiger charge is 2.25. The number of carbonyl (C=O) groups is 1. The van der Waals surface area contributed by atoms with E-state index >= 15 is 0 Å². The Morgan fingerprint density at radius 2 is 2.20 bits per heavy atom. The Bertz CT molecular complexity index is 726. The van der Waals surface area contributed by atoms with E-state index in [9.17, 15) is 4.79 Å². The van der Waals surface area contributed by atoms with Crippen LogP contribution in [0.25, 0.3) is 0 Å². The van der Waals surface area contributed by atoms with E-state index in [1.54, 1.807) is 11.1 Å². The molecule has 1 N–H and O–H groups in total. The monoisotopic (exact) mass is 343 g/mol. The minimum absolute atomic E-state index is 0.0419. The summed E-state index contributed by atoms with van der Waals surface area (Å²) in [6, 6.07) is 7.61. The van der Waals surface area contributed by atoms with Gasteiger partial charge in [-0.15, -0.1) is 0 Å². The van der Waals surface area contributed by atoms with Gasteiger partial charge in [-0.2, -0.15) is 5.10 Å². The van der Waals surface area contributed by atoms with Gasteiger partial charge in [0.15, 0.2) is 17.3 Å². The molecule has 7 nitrogen and oxygen atoms in total. The number of nitrogens with one attached hydrogen (secondary N) is 1. The topological polar surface area (TPSA) is 76.7 Å². The number of fused-ring (bicyclic) bond motifs is 1. The summed E-state index contributed by atoms with van der Waals surface area (Å²) in [5, 5.41) is 6.95. The molecular weight excluding hydrogens is 322 g/mol. The molecule has 25 heavy (non-hydrogen) atoms. The first-order valence-electron chi connectivity index (χ1n) is 8.60. The molecule has 1 atom stereocenters. The molecule has 0 spiro atoms. The minimum atomic E-state index is 0.0419. The second-order valence-electron chi connectivity index (χ2n) is 6.26. The normalized spacial score (nSPS) is 18.5. The number of rotatable bonds is 6. The van der Waals surface area contributed by atoms with Crippen molar-refractivity contribution in [2.45, 2.75) is 31.8 Å². The van der Waals surface area contributed by atoms with Crippen LogP contribution in [0.2, 0.25) is 0 Å². The standard InChI is InChI=1S/C18H21N3O4/c22-18(6-4-13-3-5-15-16(10-13)25-12-24-15)21(17-7-8-19-20-17)11-14-2-1-9-23-14/h3,5,7-8,10,14H,1-2,4,6,9,11-12H2,(H,19,20). The number of aromatic amines is 1. The molecule has 2 aliphatic rings. The summed E-state index contributed by atoms with van der Waals surface area (Å²) in [4.78, 5) is 14.5. The molecule has 1 unspecified atom stereocenters. The van der Waals surface area contributed by atoms with Gasteiger partial charge in [0.25, 0.3) is 0 Å². The maximum atomic E-state index is 12.8. The van der Waals surface area contributed by atoms with Gasteiger partial charge in [-0.05, 0) is 37.0 Å². The number of amides is 1. The van der Waals surface area contributed by atoms with Gasteiger partial charge in [0, 0.05) is 25.3 Å². The molecule has 0 radical (unpaired) electrons. The van der Waals surface area contributed by atoms with Crippen molar-refractivity contribution in [2.75, 3.05) is 24.8 Å². The van der Waals surface area contributed by atoms with Crippen molar-refractivity contribution in [2.24, 2.45) is 0 Å². The summed E-state index contributed by atoms with van der Waals surface area (Å²) in [5.74, 6) is 2.19. The van der Waals surface area contributed by atoms with Crippen LogP contribution in [0.4, 0.5) is 5.82 Å². The highest BCUT2D eigenvalue weighted by atomic mass is 16.7. The molecular formula is C18H21N3O4. The fourth-order valence-electron chi connectivity index (χ4n) is 3.20. The first-order chi connectivity index (χ1) is 12.3. The van der Waals surface area contributed by atoms with Crippen LogP contribution in [0.15, 0.2) is 30.5 Å². The van der Waals surface area contributed by atoms with Crippen LogP contribution in [0.1, 0.15) is 24.8 Å². The van der Waals surface area contributed by atoms with Crippen molar-refractivity contribution < 1.29 is 19.0 Å². The van der Waals surface area contributed by atoms with Crippen molar-refractivity contribution in [3.8, 4) is 11.5 Å². The Labute approximate surface area is 145 Å². The molecule has 1 fully saturated rings. The summed E-state index contributed by atoms with van der Waals surface area (Å²) in [6.45, 7) is 1.57. The van der Waals surface area contributed by atoms with E-state index in [4.69, 9.17) is 14.2 Å². The summed E-state index contributed by atoms with van der Waals surface area (Å²) >= 11 is 0. The Morgan fingerprint density at radius 1 is 1.28 bits per heavy atom. The molecule has 2 aromatic rings. The Balaban J connectivity index is 1.41. The van der Waals surface area contributed by atoms with Crippen molar-refractivity contribution in [1.82, 2.24) is 10.2 Å². The Kier molecular flexibility index (Phi) is 4.56. The number of ether oxygens (including phenoxy) is 3. The van der Waals surface area contributed by atoms with E-state index in [2.05, 4.69) is 10.2 Å². The number of aryl methyl sites for hydroxylation is 1. The van der Waals surface area contributed by atoms with Gasteiger partial charge in [-0.3, -0.25) is 14.8 Å². The molecule has 1 aromatic carbocycles. The number of hydrogen-bond acceptors (Lipinski definition) is 5. The summed E-state index contributed by atoms with van der Waals surface area (Å²) in [6.07, 6.45) is 4.89. The largest absolute Gasteiger partial charge is 0.454 e. The summed E-state index contributed by atoms with van der Waals surface area (Å²) < 4.78 is 16.4. The molecule has 0 aliphatic carbocycles. The fourth-order valence-corrected chi connectivity index (χ4v) is 3.20. The molecule has 2 aliphatic heterocycles. The number of aromatic nitrogens is 2. The zero-order chi connectivity index (χ0) is 17.1. The predicted octanol–water partition coefficient (Wildman–Crippen LogP) is 2.28. The molecule has 3 heterocycles. The van der Waals surface area contributed by atoms with Crippen molar-refractivity contribution in [3.05, 3.63) is 36.0 Å². The lowest BCUT2D eigenvalue weighted by Crippen LogP contribution is -2.38. The molecule has 1 amide bonds. The third kappa shape index (κ3) is 3.61. The maximum Gasteiger partial charge on any atom is 0.231 e. The van der Waals surface area contributed by atoms with E-state index in [1.807, 2.05) is 24.3 Å². The molecule has 4 rings (SSSR count). The molecule has 0 saturated carbocycles. The molecule has 7 heteroatoms. The summed E-state index contributed by atoms with van der Waals surface area (Å²) in [5.41, 5.74) is 1.05. The number of nitrogens with zero attached hydrogens (tertiary/aromatic N) is 2. The van der Waals surface area contributed by atoms with Crippen LogP contribution in [-0.4, -0.2) is 42.2 Å². The number of carbonyl (C=O) groups excluding carboxylic acids is 1. The average Bonchev–Trinajstić information content (AvgIpc) is 3.39. The Hall–Kier alpha value is -2.54. The van der Waals surface area contributed by atoms with Crippen molar-refractivity contribution in [1.29, 1.82) is 0 Å².